The van der Waals surface area contributed by atoms with Crippen LogP contribution in [0.5, 0.6) is 0 Å². The van der Waals surface area contributed by atoms with Gasteiger partial charge in [0.15, 0.2) is 0 Å². The highest BCUT2D eigenvalue weighted by Gasteiger charge is 2.22. The summed E-state index contributed by atoms with van der Waals surface area (Å²) in [4.78, 5) is 26.2. The zero-order valence-corrected chi connectivity index (χ0v) is 21.4. The zero-order valence-electron chi connectivity index (χ0n) is 20.7. The predicted octanol–water partition coefficient (Wildman–Crippen LogP) is 3.98. The van der Waals surface area contributed by atoms with Gasteiger partial charge in [-0.05, 0) is 56.3 Å². The van der Waals surface area contributed by atoms with Crippen LogP contribution in [0.3, 0.4) is 0 Å². The highest BCUT2D eigenvalue weighted by molar-refractivity contribution is 6.30. The smallest absolute Gasteiger partial charge is 0.251 e. The van der Waals surface area contributed by atoms with Gasteiger partial charge in [0.2, 0.25) is 5.95 Å². The summed E-state index contributed by atoms with van der Waals surface area (Å²) >= 11 is 6.15. The summed E-state index contributed by atoms with van der Waals surface area (Å²) in [7, 11) is 1.90. The second-order valence-corrected chi connectivity index (χ2v) is 9.70. The Morgan fingerprint density at radius 2 is 1.97 bits per heavy atom. The lowest BCUT2D eigenvalue weighted by Crippen LogP contribution is -2.46. The summed E-state index contributed by atoms with van der Waals surface area (Å²) in [5, 5.41) is 16.4. The lowest BCUT2D eigenvalue weighted by atomic mass is 10.1. The highest BCUT2D eigenvalue weighted by atomic mass is 35.5. The monoisotopic (exact) mass is 510 g/mol. The van der Waals surface area contributed by atoms with Crippen molar-refractivity contribution in [3.8, 4) is 0 Å². The Hall–Kier alpha value is -3.40. The van der Waals surface area contributed by atoms with E-state index in [0.717, 1.165) is 24.5 Å². The number of hydrogen-bond acceptors (Lipinski definition) is 8. The molecule has 2 aromatic carbocycles. The van der Waals surface area contributed by atoms with Crippen LogP contribution in [0.25, 0.3) is 0 Å². The molecule has 1 aromatic heterocycles. The number of aliphatic hydroxyl groups excluding tert-OH is 1. The van der Waals surface area contributed by atoms with E-state index >= 15 is 0 Å². The first-order valence-electron chi connectivity index (χ1n) is 11.7. The first-order chi connectivity index (χ1) is 17.2. The molecule has 3 aromatic rings. The minimum absolute atomic E-state index is 0.173. The number of nitrogens with zero attached hydrogens (tertiary/aromatic N) is 4. The maximum Gasteiger partial charge on any atom is 0.251 e. The zero-order chi connectivity index (χ0) is 25.7. The fraction of sp³-hybridized carbons (Fsp3) is 0.346. The standard InChI is InChI=1S/C26H31ClN6O3/c1-26(2,17-34)31-24(35)18-13-20(16-22(14-18)33-9-11-36-12-10-33)29-25-28-8-7-23(30-25)32(3)21-6-4-5-19(27)15-21/h4-8,13-16,34H,9-12,17H2,1-3H3,(H,31,35)(H,28,29,30). The van der Waals surface area contributed by atoms with Crippen LogP contribution in [0, 0.1) is 0 Å². The molecule has 1 aliphatic rings. The van der Waals surface area contributed by atoms with Gasteiger partial charge in [-0.3, -0.25) is 4.79 Å². The first kappa shape index (κ1) is 25.7. The molecule has 4 rings (SSSR count). The van der Waals surface area contributed by atoms with Crippen LogP contribution < -0.4 is 20.4 Å². The molecule has 9 nitrogen and oxygen atoms in total. The van der Waals surface area contributed by atoms with Crippen LogP contribution >= 0.6 is 11.6 Å². The predicted molar refractivity (Wildman–Crippen MR) is 143 cm³/mol. The maximum atomic E-state index is 13.0. The van der Waals surface area contributed by atoms with Crippen molar-refractivity contribution in [3.05, 3.63) is 65.3 Å². The van der Waals surface area contributed by atoms with Crippen molar-refractivity contribution >= 4 is 46.3 Å². The highest BCUT2D eigenvalue weighted by Crippen LogP contribution is 2.28. The Kier molecular flexibility index (Phi) is 7.93. The number of amides is 1. The number of anilines is 5. The quantitative estimate of drug-likeness (QED) is 0.418. The number of carbonyl (C=O) groups excluding carboxylic acids is 1. The Labute approximate surface area is 216 Å². The second-order valence-electron chi connectivity index (χ2n) is 9.27. The number of aliphatic hydroxyl groups is 1. The Bertz CT molecular complexity index is 1220. The first-order valence-corrected chi connectivity index (χ1v) is 12.1. The average Bonchev–Trinajstić information content (AvgIpc) is 2.88. The van der Waals surface area contributed by atoms with Crippen molar-refractivity contribution in [2.45, 2.75) is 19.4 Å². The lowest BCUT2D eigenvalue weighted by molar-refractivity contribution is 0.0869. The number of halogens is 1. The van der Waals surface area contributed by atoms with Gasteiger partial charge < -0.3 is 30.3 Å². The normalized spacial score (nSPS) is 13.9. The van der Waals surface area contributed by atoms with Crippen molar-refractivity contribution in [2.24, 2.45) is 0 Å². The summed E-state index contributed by atoms with van der Waals surface area (Å²) in [6, 6.07) is 14.9. The van der Waals surface area contributed by atoms with Crippen molar-refractivity contribution < 1.29 is 14.6 Å². The van der Waals surface area contributed by atoms with E-state index in [1.807, 2.05) is 54.4 Å². The fourth-order valence-electron chi connectivity index (χ4n) is 3.78. The van der Waals surface area contributed by atoms with Gasteiger partial charge in [0.1, 0.15) is 5.82 Å². The van der Waals surface area contributed by atoms with Crippen LogP contribution in [-0.2, 0) is 4.74 Å². The summed E-state index contributed by atoms with van der Waals surface area (Å²) in [5.74, 6) is 0.798. The molecule has 0 atom stereocenters. The van der Waals surface area contributed by atoms with E-state index in [9.17, 15) is 9.90 Å². The number of hydrogen-bond donors (Lipinski definition) is 3. The SMILES string of the molecule is CN(c1cccc(Cl)c1)c1ccnc(Nc2cc(C(=O)NC(C)(C)CO)cc(N3CCOCC3)c2)n1. The summed E-state index contributed by atoms with van der Waals surface area (Å²) in [6.45, 7) is 6.06. The molecule has 36 heavy (non-hydrogen) atoms. The molecule has 1 fully saturated rings. The summed E-state index contributed by atoms with van der Waals surface area (Å²) in [5.41, 5.74) is 2.18. The Balaban J connectivity index is 1.63. The van der Waals surface area contributed by atoms with Gasteiger partial charge in [-0.15, -0.1) is 0 Å². The number of ether oxygens (including phenoxy) is 1. The van der Waals surface area contributed by atoms with E-state index in [2.05, 4.69) is 25.5 Å². The van der Waals surface area contributed by atoms with Crippen LogP contribution in [0.1, 0.15) is 24.2 Å². The third kappa shape index (κ3) is 6.42. The minimum Gasteiger partial charge on any atom is -0.394 e. The van der Waals surface area contributed by atoms with Crippen LogP contribution in [0.2, 0.25) is 5.02 Å². The molecule has 10 heteroatoms. The summed E-state index contributed by atoms with van der Waals surface area (Å²) < 4.78 is 5.49. The van der Waals surface area contributed by atoms with E-state index < -0.39 is 5.54 Å². The van der Waals surface area contributed by atoms with Crippen LogP contribution in [0.4, 0.5) is 28.8 Å². The van der Waals surface area contributed by atoms with Crippen molar-refractivity contribution in [3.63, 3.8) is 0 Å². The van der Waals surface area contributed by atoms with Gasteiger partial charge in [0, 0.05) is 54.0 Å². The van der Waals surface area contributed by atoms with Crippen LogP contribution in [-0.4, -0.2) is 66.5 Å². The average molecular weight is 511 g/mol. The third-order valence-electron chi connectivity index (χ3n) is 5.84. The fourth-order valence-corrected chi connectivity index (χ4v) is 3.96. The van der Waals surface area contributed by atoms with Gasteiger partial charge >= 0.3 is 0 Å². The molecular weight excluding hydrogens is 480 g/mol. The van der Waals surface area contributed by atoms with E-state index in [4.69, 9.17) is 16.3 Å². The number of nitrogens with one attached hydrogen (secondary N) is 2. The molecule has 0 aliphatic carbocycles. The van der Waals surface area contributed by atoms with Crippen LogP contribution in [0.15, 0.2) is 54.7 Å². The number of morpholine rings is 1. The van der Waals surface area contributed by atoms with Gasteiger partial charge in [-0.1, -0.05) is 17.7 Å². The molecule has 0 spiro atoms. The maximum absolute atomic E-state index is 13.0. The van der Waals surface area contributed by atoms with E-state index in [0.29, 0.717) is 41.3 Å². The molecular formula is C26H31ClN6O3. The Morgan fingerprint density at radius 1 is 1.19 bits per heavy atom. The molecule has 3 N–H and O–H groups in total. The minimum atomic E-state index is -0.748. The molecule has 0 saturated carbocycles. The molecule has 190 valence electrons. The van der Waals surface area contributed by atoms with Crippen molar-refractivity contribution in [1.29, 1.82) is 0 Å². The molecule has 1 amide bonds. The van der Waals surface area contributed by atoms with Gasteiger partial charge in [-0.25, -0.2) is 4.98 Å². The molecule has 2 heterocycles. The number of rotatable bonds is 8. The third-order valence-corrected chi connectivity index (χ3v) is 6.07. The van der Waals surface area contributed by atoms with E-state index in [1.165, 1.54) is 0 Å². The van der Waals surface area contributed by atoms with Gasteiger partial charge in [0.25, 0.3) is 5.91 Å². The second kappa shape index (κ2) is 11.1. The molecule has 1 aliphatic heterocycles. The number of benzene rings is 2. The van der Waals surface area contributed by atoms with E-state index in [1.54, 1.807) is 26.1 Å². The molecule has 0 bridgehead atoms. The van der Waals surface area contributed by atoms with Crippen molar-refractivity contribution in [1.82, 2.24) is 15.3 Å². The Morgan fingerprint density at radius 3 is 2.69 bits per heavy atom. The largest absolute Gasteiger partial charge is 0.394 e. The topological polar surface area (TPSA) is 103 Å². The van der Waals surface area contributed by atoms with E-state index in [-0.39, 0.29) is 12.5 Å². The summed E-state index contributed by atoms with van der Waals surface area (Å²) in [6.07, 6.45) is 1.68. The molecule has 0 radical (unpaired) electrons. The lowest BCUT2D eigenvalue weighted by Gasteiger charge is -2.30. The molecule has 0 unspecified atom stereocenters. The number of carbonyl (C=O) groups is 1. The molecule has 1 saturated heterocycles. The van der Waals surface area contributed by atoms with Gasteiger partial charge in [-0.2, -0.15) is 4.98 Å². The van der Waals surface area contributed by atoms with Crippen molar-refractivity contribution in [2.75, 3.05) is 55.1 Å². The number of aromatic nitrogens is 2. The van der Waals surface area contributed by atoms with Gasteiger partial charge in [0.05, 0.1) is 25.4 Å².